The van der Waals surface area contributed by atoms with Gasteiger partial charge in [-0.2, -0.15) is 13.2 Å². The molecule has 148 valence electrons. The molecule has 0 atom stereocenters. The number of pyridine rings is 1. The fourth-order valence-electron chi connectivity index (χ4n) is 3.27. The Bertz CT molecular complexity index is 815. The maximum absolute atomic E-state index is 13.2. The number of rotatable bonds is 3. The number of alkyl halides is 3. The van der Waals surface area contributed by atoms with E-state index >= 15 is 0 Å². The quantitative estimate of drug-likeness (QED) is 0.712. The molecular formula is C18H22ClF3N4O. The number of hydrogen-bond donors (Lipinski definition) is 1. The summed E-state index contributed by atoms with van der Waals surface area (Å²) >= 11 is 5.90. The first-order chi connectivity index (χ1) is 12.5. The maximum atomic E-state index is 13.2. The van der Waals surface area contributed by atoms with E-state index in [-0.39, 0.29) is 39.8 Å². The molecular weight excluding hydrogens is 381 g/mol. The van der Waals surface area contributed by atoms with Crippen molar-refractivity contribution in [3.8, 4) is 0 Å². The van der Waals surface area contributed by atoms with E-state index in [1.54, 1.807) is 0 Å². The van der Waals surface area contributed by atoms with Crippen LogP contribution in [0.5, 0.6) is 0 Å². The minimum Gasteiger partial charge on any atom is -0.373 e. The van der Waals surface area contributed by atoms with Gasteiger partial charge < -0.3 is 10.1 Å². The number of ether oxygens (including phenoxy) is 1. The predicted molar refractivity (Wildman–Crippen MR) is 97.8 cm³/mol. The Hall–Kier alpha value is -1.67. The first-order valence-electron chi connectivity index (χ1n) is 8.86. The number of anilines is 1. The van der Waals surface area contributed by atoms with E-state index in [9.17, 15) is 13.2 Å². The minimum atomic E-state index is -4.57. The Balaban J connectivity index is 1.75. The number of aromatic nitrogens is 3. The summed E-state index contributed by atoms with van der Waals surface area (Å²) in [4.78, 5) is 11.8. The fraction of sp³-hybridized carbons (Fsp3) is 0.611. The lowest BCUT2D eigenvalue weighted by Crippen LogP contribution is -2.34. The molecule has 0 saturated heterocycles. The van der Waals surface area contributed by atoms with Crippen molar-refractivity contribution in [1.29, 1.82) is 0 Å². The average molecular weight is 403 g/mol. The molecule has 2 heterocycles. The van der Waals surface area contributed by atoms with Gasteiger partial charge in [0.2, 0.25) is 5.95 Å². The summed E-state index contributed by atoms with van der Waals surface area (Å²) in [5, 5.41) is 3.18. The van der Waals surface area contributed by atoms with Crippen molar-refractivity contribution in [3.05, 3.63) is 23.1 Å². The van der Waals surface area contributed by atoms with E-state index in [1.807, 2.05) is 20.8 Å². The van der Waals surface area contributed by atoms with Gasteiger partial charge in [-0.3, -0.25) is 0 Å². The van der Waals surface area contributed by atoms with Crippen LogP contribution >= 0.6 is 11.6 Å². The van der Waals surface area contributed by atoms with Crippen molar-refractivity contribution < 1.29 is 17.9 Å². The molecule has 1 aliphatic rings. The topological polar surface area (TPSA) is 59.9 Å². The first kappa shape index (κ1) is 20.1. The number of nitrogens with one attached hydrogen (secondary N) is 1. The van der Waals surface area contributed by atoms with Crippen molar-refractivity contribution in [2.75, 3.05) is 5.32 Å². The van der Waals surface area contributed by atoms with Gasteiger partial charge in [-0.15, -0.1) is 0 Å². The zero-order valence-corrected chi connectivity index (χ0v) is 16.2. The molecule has 0 spiro atoms. The lowest BCUT2D eigenvalue weighted by molar-refractivity contribution is -0.136. The van der Waals surface area contributed by atoms with Crippen LogP contribution in [0, 0.1) is 0 Å². The number of halogens is 4. The van der Waals surface area contributed by atoms with Crippen molar-refractivity contribution >= 4 is 28.5 Å². The van der Waals surface area contributed by atoms with Crippen LogP contribution in [-0.2, 0) is 10.9 Å². The highest BCUT2D eigenvalue weighted by Gasteiger charge is 2.35. The Kier molecular flexibility index (Phi) is 5.49. The highest BCUT2D eigenvalue weighted by molar-refractivity contribution is 6.34. The Morgan fingerprint density at radius 2 is 1.74 bits per heavy atom. The van der Waals surface area contributed by atoms with Gasteiger partial charge in [0.1, 0.15) is 10.7 Å². The summed E-state index contributed by atoms with van der Waals surface area (Å²) in [6, 6.07) is 0.0916. The summed E-state index contributed by atoms with van der Waals surface area (Å²) in [6.07, 6.45) is 1.06. The van der Waals surface area contributed by atoms with E-state index in [0.717, 1.165) is 25.7 Å². The second kappa shape index (κ2) is 7.39. The van der Waals surface area contributed by atoms with Crippen LogP contribution in [0.1, 0.15) is 52.0 Å². The molecule has 1 N–H and O–H groups in total. The monoisotopic (exact) mass is 402 g/mol. The largest absolute Gasteiger partial charge is 0.419 e. The van der Waals surface area contributed by atoms with Crippen molar-refractivity contribution in [2.45, 2.75) is 70.4 Å². The normalized spacial score (nSPS) is 21.4. The SMILES string of the molecule is CC(C)(C)OC1CCC(Nc2ncc3c(Cl)ncc(C(F)(F)F)c3n2)CC1. The van der Waals surface area contributed by atoms with Crippen LogP contribution in [0.25, 0.3) is 10.9 Å². The van der Waals surface area contributed by atoms with Gasteiger partial charge in [0.25, 0.3) is 0 Å². The highest BCUT2D eigenvalue weighted by atomic mass is 35.5. The third kappa shape index (κ3) is 4.99. The van der Waals surface area contributed by atoms with E-state index in [2.05, 4.69) is 20.3 Å². The summed E-state index contributed by atoms with van der Waals surface area (Å²) in [5.41, 5.74) is -1.35. The van der Waals surface area contributed by atoms with Crippen molar-refractivity contribution in [2.24, 2.45) is 0 Å². The van der Waals surface area contributed by atoms with E-state index in [1.165, 1.54) is 6.20 Å². The van der Waals surface area contributed by atoms with Crippen LogP contribution in [0.3, 0.4) is 0 Å². The van der Waals surface area contributed by atoms with E-state index in [0.29, 0.717) is 6.20 Å². The molecule has 0 aromatic carbocycles. The molecule has 0 bridgehead atoms. The van der Waals surface area contributed by atoms with Gasteiger partial charge in [0.05, 0.1) is 22.6 Å². The standard InChI is InChI=1S/C18H22ClF3N4O/c1-17(2,3)27-11-6-4-10(5-7-11)25-16-24-8-12-14(26-16)13(18(20,21)22)9-23-15(12)19/h8-11H,4-7H2,1-3H3,(H,24,25,26). The average Bonchev–Trinajstić information content (AvgIpc) is 2.54. The van der Waals surface area contributed by atoms with E-state index < -0.39 is 11.7 Å². The van der Waals surface area contributed by atoms with Gasteiger partial charge >= 0.3 is 6.18 Å². The summed E-state index contributed by atoms with van der Waals surface area (Å²) in [6.45, 7) is 6.08. The van der Waals surface area contributed by atoms with Crippen molar-refractivity contribution in [3.63, 3.8) is 0 Å². The Morgan fingerprint density at radius 3 is 2.33 bits per heavy atom. The van der Waals surface area contributed by atoms with Gasteiger partial charge in [0.15, 0.2) is 0 Å². The summed E-state index contributed by atoms with van der Waals surface area (Å²) in [5.74, 6) is 0.162. The summed E-state index contributed by atoms with van der Waals surface area (Å²) < 4.78 is 45.7. The van der Waals surface area contributed by atoms with Gasteiger partial charge in [-0.25, -0.2) is 15.0 Å². The zero-order valence-electron chi connectivity index (χ0n) is 15.4. The number of fused-ring (bicyclic) bond motifs is 1. The maximum Gasteiger partial charge on any atom is 0.419 e. The van der Waals surface area contributed by atoms with Crippen LogP contribution in [0.2, 0.25) is 5.15 Å². The van der Waals surface area contributed by atoms with Crippen LogP contribution < -0.4 is 5.32 Å². The molecule has 1 fully saturated rings. The van der Waals surface area contributed by atoms with Gasteiger partial charge in [-0.1, -0.05) is 11.6 Å². The lowest BCUT2D eigenvalue weighted by atomic mass is 9.92. The molecule has 0 unspecified atom stereocenters. The number of nitrogens with zero attached hydrogens (tertiary/aromatic N) is 3. The lowest BCUT2D eigenvalue weighted by Gasteiger charge is -2.33. The third-order valence-electron chi connectivity index (χ3n) is 4.41. The number of hydrogen-bond acceptors (Lipinski definition) is 5. The van der Waals surface area contributed by atoms with Gasteiger partial charge in [0, 0.05) is 18.4 Å². The fourth-order valence-corrected chi connectivity index (χ4v) is 3.46. The van der Waals surface area contributed by atoms with Crippen LogP contribution in [0.4, 0.5) is 19.1 Å². The second-order valence-corrected chi connectivity index (χ2v) is 8.12. The molecule has 1 aliphatic carbocycles. The molecule has 0 aliphatic heterocycles. The van der Waals surface area contributed by atoms with Crippen LogP contribution in [-0.4, -0.2) is 32.7 Å². The first-order valence-corrected chi connectivity index (χ1v) is 9.23. The zero-order chi connectivity index (χ0) is 19.8. The molecule has 2 aromatic heterocycles. The minimum absolute atomic E-state index is 0.0515. The van der Waals surface area contributed by atoms with Crippen LogP contribution in [0.15, 0.2) is 12.4 Å². The molecule has 0 amide bonds. The molecule has 0 radical (unpaired) electrons. The highest BCUT2D eigenvalue weighted by Crippen LogP contribution is 2.35. The van der Waals surface area contributed by atoms with Gasteiger partial charge in [-0.05, 0) is 46.5 Å². The smallest absolute Gasteiger partial charge is 0.373 e. The molecule has 9 heteroatoms. The second-order valence-electron chi connectivity index (χ2n) is 7.76. The predicted octanol–water partition coefficient (Wildman–Crippen LogP) is 5.24. The molecule has 5 nitrogen and oxygen atoms in total. The molecule has 27 heavy (non-hydrogen) atoms. The third-order valence-corrected chi connectivity index (χ3v) is 4.71. The molecule has 1 saturated carbocycles. The Morgan fingerprint density at radius 1 is 1.07 bits per heavy atom. The van der Waals surface area contributed by atoms with Crippen molar-refractivity contribution in [1.82, 2.24) is 15.0 Å². The molecule has 2 aromatic rings. The Labute approximate surface area is 160 Å². The molecule has 3 rings (SSSR count). The van der Waals surface area contributed by atoms with E-state index in [4.69, 9.17) is 16.3 Å². The summed E-state index contributed by atoms with van der Waals surface area (Å²) in [7, 11) is 0.